The molecule has 1 saturated carbocycles. The highest BCUT2D eigenvalue weighted by Gasteiger charge is 2.51. The van der Waals surface area contributed by atoms with Gasteiger partial charge in [0.15, 0.2) is 0 Å². The molecule has 0 radical (unpaired) electrons. The first kappa shape index (κ1) is 13.4. The number of amides is 1. The van der Waals surface area contributed by atoms with Crippen molar-refractivity contribution in [3.63, 3.8) is 0 Å². The number of hydrogen-bond acceptors (Lipinski definition) is 3. The number of fused-ring (bicyclic) bond motifs is 2. The number of hydrogen-bond donors (Lipinski definition) is 2. The van der Waals surface area contributed by atoms with Gasteiger partial charge in [-0.15, -0.1) is 0 Å². The molecule has 0 heterocycles. The molecule has 2 aliphatic carbocycles. The molecule has 0 aliphatic heterocycles. The molecule has 106 valence electrons. The molecule has 4 unspecified atom stereocenters. The van der Waals surface area contributed by atoms with Crippen molar-refractivity contribution in [3.8, 4) is 6.07 Å². The average Bonchev–Trinajstić information content (AvgIpc) is 3.07. The van der Waals surface area contributed by atoms with Crippen LogP contribution >= 0.6 is 0 Å². The summed E-state index contributed by atoms with van der Waals surface area (Å²) in [6.07, 6.45) is 4.58. The van der Waals surface area contributed by atoms with E-state index in [1.165, 1.54) is 0 Å². The number of carbonyl (C=O) groups is 2. The average molecular weight is 282 g/mol. The zero-order valence-electron chi connectivity index (χ0n) is 11.2. The van der Waals surface area contributed by atoms with E-state index in [1.807, 2.05) is 18.2 Å². The number of allylic oxidation sites excluding steroid dienone is 2. The molecule has 4 atom stereocenters. The van der Waals surface area contributed by atoms with Gasteiger partial charge in [0.1, 0.15) is 0 Å². The van der Waals surface area contributed by atoms with Crippen molar-refractivity contribution in [1.29, 1.82) is 5.26 Å². The van der Waals surface area contributed by atoms with Gasteiger partial charge >= 0.3 is 5.97 Å². The third-order valence-corrected chi connectivity index (χ3v) is 4.31. The number of carbonyl (C=O) groups excluding carboxylic acids is 1. The summed E-state index contributed by atoms with van der Waals surface area (Å²) in [5.41, 5.74) is 0.977. The molecule has 3 rings (SSSR count). The molecular weight excluding hydrogens is 268 g/mol. The van der Waals surface area contributed by atoms with Crippen LogP contribution in [0, 0.1) is 35.0 Å². The molecular formula is C16H14N2O3. The Bertz CT molecular complexity index is 674. The van der Waals surface area contributed by atoms with Crippen LogP contribution in [-0.4, -0.2) is 17.0 Å². The molecule has 5 heteroatoms. The molecule has 2 aliphatic rings. The van der Waals surface area contributed by atoms with E-state index in [4.69, 9.17) is 5.26 Å². The first-order valence-electron chi connectivity index (χ1n) is 6.82. The molecule has 0 saturated heterocycles. The Labute approximate surface area is 121 Å². The Balaban J connectivity index is 1.80. The minimum Gasteiger partial charge on any atom is -0.481 e. The van der Waals surface area contributed by atoms with E-state index in [1.54, 1.807) is 24.3 Å². The van der Waals surface area contributed by atoms with Gasteiger partial charge in [0.2, 0.25) is 5.91 Å². The zero-order chi connectivity index (χ0) is 15.0. The van der Waals surface area contributed by atoms with Crippen LogP contribution in [0.1, 0.15) is 12.0 Å². The largest absolute Gasteiger partial charge is 0.481 e. The van der Waals surface area contributed by atoms with Crippen LogP contribution in [0.5, 0.6) is 0 Å². The molecule has 0 aromatic heterocycles. The van der Waals surface area contributed by atoms with Crippen molar-refractivity contribution >= 4 is 17.6 Å². The van der Waals surface area contributed by atoms with E-state index < -0.39 is 17.8 Å². The van der Waals surface area contributed by atoms with Crippen LogP contribution in [-0.2, 0) is 9.59 Å². The van der Waals surface area contributed by atoms with Crippen LogP contribution < -0.4 is 5.32 Å². The maximum Gasteiger partial charge on any atom is 0.307 e. The number of anilines is 1. The Kier molecular flexibility index (Phi) is 3.22. The summed E-state index contributed by atoms with van der Waals surface area (Å²) in [5, 5.41) is 20.9. The van der Waals surface area contributed by atoms with E-state index >= 15 is 0 Å². The van der Waals surface area contributed by atoms with E-state index in [2.05, 4.69) is 5.32 Å². The van der Waals surface area contributed by atoms with Gasteiger partial charge in [-0.1, -0.05) is 18.2 Å². The number of benzene rings is 1. The van der Waals surface area contributed by atoms with Gasteiger partial charge in [0.25, 0.3) is 0 Å². The predicted octanol–water partition coefficient (Wildman–Crippen LogP) is 2.02. The molecule has 1 fully saturated rings. The maximum absolute atomic E-state index is 12.4. The molecule has 1 amide bonds. The van der Waals surface area contributed by atoms with Gasteiger partial charge < -0.3 is 10.4 Å². The number of nitriles is 1. The Morgan fingerprint density at radius 1 is 1.24 bits per heavy atom. The highest BCUT2D eigenvalue weighted by molar-refractivity contribution is 5.96. The van der Waals surface area contributed by atoms with E-state index in [0.29, 0.717) is 11.3 Å². The third kappa shape index (κ3) is 2.29. The summed E-state index contributed by atoms with van der Waals surface area (Å²) in [5.74, 6) is -2.45. The molecule has 5 nitrogen and oxygen atoms in total. The fraction of sp³-hybridized carbons (Fsp3) is 0.312. The number of aliphatic carboxylic acids is 1. The summed E-state index contributed by atoms with van der Waals surface area (Å²) < 4.78 is 0. The van der Waals surface area contributed by atoms with Crippen molar-refractivity contribution in [1.82, 2.24) is 0 Å². The van der Waals surface area contributed by atoms with Crippen molar-refractivity contribution in [3.05, 3.63) is 42.0 Å². The standard InChI is InChI=1S/C16H14N2O3/c17-8-9-2-1-3-12(6-9)18-15(19)13-10-4-5-11(7-10)14(13)16(20)21/h1-6,10-11,13-14H,7H2,(H,18,19)(H,20,21). The molecule has 0 spiro atoms. The van der Waals surface area contributed by atoms with Gasteiger partial charge in [-0.05, 0) is 36.5 Å². The van der Waals surface area contributed by atoms with Crippen molar-refractivity contribution in [2.45, 2.75) is 6.42 Å². The molecule has 21 heavy (non-hydrogen) atoms. The molecule has 1 aromatic rings. The van der Waals surface area contributed by atoms with E-state index in [0.717, 1.165) is 6.42 Å². The SMILES string of the molecule is N#Cc1cccc(NC(=O)C2C3C=CC(C3)C2C(=O)O)c1. The second-order valence-corrected chi connectivity index (χ2v) is 5.52. The quantitative estimate of drug-likeness (QED) is 0.830. The Morgan fingerprint density at radius 2 is 1.95 bits per heavy atom. The number of nitrogens with zero attached hydrogens (tertiary/aromatic N) is 1. The van der Waals surface area contributed by atoms with Crippen LogP contribution in [0.25, 0.3) is 0 Å². The topological polar surface area (TPSA) is 90.2 Å². The van der Waals surface area contributed by atoms with E-state index in [-0.39, 0.29) is 17.7 Å². The number of rotatable bonds is 3. The van der Waals surface area contributed by atoms with Crippen molar-refractivity contribution in [2.75, 3.05) is 5.32 Å². The lowest BCUT2D eigenvalue weighted by Crippen LogP contribution is -2.36. The van der Waals surface area contributed by atoms with Gasteiger partial charge in [-0.2, -0.15) is 5.26 Å². The van der Waals surface area contributed by atoms with Crippen molar-refractivity contribution in [2.24, 2.45) is 23.7 Å². The summed E-state index contributed by atoms with van der Waals surface area (Å²) in [4.78, 5) is 23.8. The predicted molar refractivity (Wildman–Crippen MR) is 75.1 cm³/mol. The molecule has 2 bridgehead atoms. The van der Waals surface area contributed by atoms with Gasteiger partial charge in [0.05, 0.1) is 23.5 Å². The highest BCUT2D eigenvalue weighted by Crippen LogP contribution is 2.48. The van der Waals surface area contributed by atoms with Gasteiger partial charge in [0, 0.05) is 5.69 Å². The Morgan fingerprint density at radius 3 is 2.62 bits per heavy atom. The second-order valence-electron chi connectivity index (χ2n) is 5.52. The van der Waals surface area contributed by atoms with Crippen LogP contribution in [0.15, 0.2) is 36.4 Å². The fourth-order valence-corrected chi connectivity index (χ4v) is 3.41. The first-order chi connectivity index (χ1) is 10.1. The fourth-order valence-electron chi connectivity index (χ4n) is 3.41. The lowest BCUT2D eigenvalue weighted by atomic mass is 9.82. The maximum atomic E-state index is 12.4. The lowest BCUT2D eigenvalue weighted by Gasteiger charge is -2.23. The van der Waals surface area contributed by atoms with Gasteiger partial charge in [-0.25, -0.2) is 0 Å². The zero-order valence-corrected chi connectivity index (χ0v) is 11.2. The van der Waals surface area contributed by atoms with Crippen molar-refractivity contribution < 1.29 is 14.7 Å². The second kappa shape index (κ2) is 5.06. The highest BCUT2D eigenvalue weighted by atomic mass is 16.4. The summed E-state index contributed by atoms with van der Waals surface area (Å²) in [6, 6.07) is 8.61. The number of carboxylic acid groups (broad SMARTS) is 1. The lowest BCUT2D eigenvalue weighted by molar-refractivity contribution is -0.146. The van der Waals surface area contributed by atoms with Gasteiger partial charge in [-0.3, -0.25) is 9.59 Å². The summed E-state index contributed by atoms with van der Waals surface area (Å²) >= 11 is 0. The van der Waals surface area contributed by atoms with Crippen LogP contribution in [0.3, 0.4) is 0 Å². The van der Waals surface area contributed by atoms with Crippen LogP contribution in [0.4, 0.5) is 5.69 Å². The van der Waals surface area contributed by atoms with Crippen LogP contribution in [0.2, 0.25) is 0 Å². The number of carboxylic acids is 1. The first-order valence-corrected chi connectivity index (χ1v) is 6.82. The third-order valence-electron chi connectivity index (χ3n) is 4.31. The minimum atomic E-state index is -0.919. The Hall–Kier alpha value is -2.61. The molecule has 1 aromatic carbocycles. The monoisotopic (exact) mass is 282 g/mol. The molecule has 2 N–H and O–H groups in total. The van der Waals surface area contributed by atoms with E-state index in [9.17, 15) is 14.7 Å². The minimum absolute atomic E-state index is 0.00440. The number of nitrogens with one attached hydrogen (secondary N) is 1. The summed E-state index contributed by atoms with van der Waals surface area (Å²) in [7, 11) is 0. The normalized spacial score (nSPS) is 29.1. The smallest absolute Gasteiger partial charge is 0.307 e. The summed E-state index contributed by atoms with van der Waals surface area (Å²) in [6.45, 7) is 0.